The molecular weight excluding hydrogens is 333 g/mol. The maximum Gasteiger partial charge on any atom is 0.412 e. The zero-order valence-corrected chi connectivity index (χ0v) is 12.1. The molecule has 0 spiro atoms. The van der Waals surface area contributed by atoms with E-state index in [2.05, 4.69) is 5.10 Å². The van der Waals surface area contributed by atoms with Crippen molar-refractivity contribution in [1.82, 2.24) is 15.5 Å². The van der Waals surface area contributed by atoms with E-state index in [1.54, 1.807) is 5.32 Å². The summed E-state index contributed by atoms with van der Waals surface area (Å²) in [4.78, 5) is 21.8. The van der Waals surface area contributed by atoms with Gasteiger partial charge in [0.15, 0.2) is 6.04 Å². The minimum Gasteiger partial charge on any atom is -0.497 e. The summed E-state index contributed by atoms with van der Waals surface area (Å²) >= 11 is 0. The van der Waals surface area contributed by atoms with E-state index >= 15 is 0 Å². The molecule has 11 heteroatoms. The Morgan fingerprint density at radius 3 is 2.50 bits per heavy atom. The van der Waals surface area contributed by atoms with Crippen LogP contribution in [0.25, 0.3) is 0 Å². The minimum atomic E-state index is -4.81. The molecule has 1 amide bonds. The number of hydrogen-bond donors (Lipinski definition) is 2. The van der Waals surface area contributed by atoms with Crippen molar-refractivity contribution < 1.29 is 27.6 Å². The van der Waals surface area contributed by atoms with Crippen LogP contribution in [0.3, 0.4) is 0 Å². The van der Waals surface area contributed by atoms with Gasteiger partial charge in [-0.15, -0.1) is 0 Å². The molecule has 128 valence electrons. The largest absolute Gasteiger partial charge is 0.497 e. The lowest BCUT2D eigenvalue weighted by Crippen LogP contribution is -2.38. The molecule has 1 atom stereocenters. The van der Waals surface area contributed by atoms with Crippen molar-refractivity contribution in [2.24, 2.45) is 0 Å². The Morgan fingerprint density at radius 1 is 1.38 bits per heavy atom. The van der Waals surface area contributed by atoms with Crippen molar-refractivity contribution >= 4 is 11.6 Å². The lowest BCUT2D eigenvalue weighted by atomic mass is 10.1. The first-order valence-corrected chi connectivity index (χ1v) is 6.43. The maximum atomic E-state index is 13.2. The van der Waals surface area contributed by atoms with Crippen LogP contribution in [0, 0.1) is 10.1 Å². The van der Waals surface area contributed by atoms with Gasteiger partial charge in [-0.1, -0.05) is 12.1 Å². The van der Waals surface area contributed by atoms with Gasteiger partial charge < -0.3 is 10.1 Å². The Labute approximate surface area is 132 Å². The third-order valence-corrected chi connectivity index (χ3v) is 3.09. The summed E-state index contributed by atoms with van der Waals surface area (Å²) in [5.74, 6) is -0.951. The number of carbonyl (C=O) groups excluding carboxylic acids is 1. The summed E-state index contributed by atoms with van der Waals surface area (Å²) in [6.45, 7) is 0. The summed E-state index contributed by atoms with van der Waals surface area (Å²) < 4.78 is 44.6. The van der Waals surface area contributed by atoms with Crippen LogP contribution in [-0.2, 0) is 0 Å². The fourth-order valence-corrected chi connectivity index (χ4v) is 1.94. The molecule has 0 aliphatic rings. The highest BCUT2D eigenvalue weighted by atomic mass is 19.4. The SMILES string of the molecule is COc1ccc(C(NC(=O)c2[nH]ncc2[N+](=O)[O-])C(F)(F)F)cc1. The fourth-order valence-electron chi connectivity index (χ4n) is 1.94. The first-order valence-electron chi connectivity index (χ1n) is 6.43. The van der Waals surface area contributed by atoms with Crippen molar-refractivity contribution in [3.8, 4) is 5.75 Å². The molecule has 0 fully saturated rings. The van der Waals surface area contributed by atoms with Crippen LogP contribution in [0.4, 0.5) is 18.9 Å². The number of alkyl halides is 3. The third kappa shape index (κ3) is 3.62. The summed E-state index contributed by atoms with van der Waals surface area (Å²) in [5.41, 5.74) is -1.63. The predicted octanol–water partition coefficient (Wildman–Crippen LogP) is 2.36. The van der Waals surface area contributed by atoms with Crippen LogP contribution >= 0.6 is 0 Å². The van der Waals surface area contributed by atoms with Crippen LogP contribution < -0.4 is 10.1 Å². The standard InChI is InChI=1S/C13H11F3N4O4/c1-24-8-4-2-7(3-5-8)11(13(14,15)16)18-12(21)10-9(20(22)23)6-17-19-10/h2-6,11H,1H3,(H,17,19)(H,18,21). The number of nitro groups is 1. The molecule has 24 heavy (non-hydrogen) atoms. The molecular formula is C13H11F3N4O4. The molecule has 1 heterocycles. The number of ether oxygens (including phenoxy) is 1. The Kier molecular flexibility index (Phi) is 4.71. The van der Waals surface area contributed by atoms with Crippen LogP contribution in [-0.4, -0.2) is 34.3 Å². The smallest absolute Gasteiger partial charge is 0.412 e. The molecule has 0 bridgehead atoms. The lowest BCUT2D eigenvalue weighted by molar-refractivity contribution is -0.385. The van der Waals surface area contributed by atoms with E-state index in [1.165, 1.54) is 19.2 Å². The number of hydrogen-bond acceptors (Lipinski definition) is 5. The van der Waals surface area contributed by atoms with Gasteiger partial charge in [0.1, 0.15) is 11.9 Å². The Morgan fingerprint density at radius 2 is 2.00 bits per heavy atom. The highest BCUT2D eigenvalue weighted by Gasteiger charge is 2.42. The molecule has 1 aromatic heterocycles. The summed E-state index contributed by atoms with van der Waals surface area (Å²) in [5, 5.41) is 17.8. The fraction of sp³-hybridized carbons (Fsp3) is 0.231. The number of nitrogens with zero attached hydrogens (tertiary/aromatic N) is 2. The molecule has 0 saturated heterocycles. The van der Waals surface area contributed by atoms with Crippen molar-refractivity contribution in [2.45, 2.75) is 12.2 Å². The highest BCUT2D eigenvalue weighted by Crippen LogP contribution is 2.34. The molecule has 2 N–H and O–H groups in total. The van der Waals surface area contributed by atoms with Gasteiger partial charge in [-0.05, 0) is 17.7 Å². The quantitative estimate of drug-likeness (QED) is 0.639. The van der Waals surface area contributed by atoms with Gasteiger partial charge in [-0.3, -0.25) is 20.0 Å². The van der Waals surface area contributed by atoms with E-state index in [0.29, 0.717) is 5.75 Å². The second-order valence-electron chi connectivity index (χ2n) is 4.61. The first-order chi connectivity index (χ1) is 11.2. The zero-order valence-electron chi connectivity index (χ0n) is 12.1. The van der Waals surface area contributed by atoms with Gasteiger partial charge in [-0.25, -0.2) is 0 Å². The van der Waals surface area contributed by atoms with Gasteiger partial charge in [-0.2, -0.15) is 18.3 Å². The third-order valence-electron chi connectivity index (χ3n) is 3.09. The number of methoxy groups -OCH3 is 1. The Bertz CT molecular complexity index is 742. The van der Waals surface area contributed by atoms with E-state index < -0.39 is 34.4 Å². The number of carbonyl (C=O) groups is 1. The van der Waals surface area contributed by atoms with Crippen molar-refractivity contribution in [3.63, 3.8) is 0 Å². The number of benzene rings is 1. The number of nitrogens with one attached hydrogen (secondary N) is 2. The molecule has 8 nitrogen and oxygen atoms in total. The Balaban J connectivity index is 2.30. The van der Waals surface area contributed by atoms with Gasteiger partial charge in [0.05, 0.1) is 12.0 Å². The van der Waals surface area contributed by atoms with Crippen LogP contribution in [0.1, 0.15) is 22.1 Å². The molecule has 1 aromatic carbocycles. The second-order valence-corrected chi connectivity index (χ2v) is 4.61. The minimum absolute atomic E-state index is 0.251. The zero-order chi connectivity index (χ0) is 17.9. The summed E-state index contributed by atoms with van der Waals surface area (Å²) in [6.07, 6.45) is -4.07. The second kappa shape index (κ2) is 6.56. The van der Waals surface area contributed by atoms with E-state index in [-0.39, 0.29) is 5.56 Å². The average Bonchev–Trinajstić information content (AvgIpc) is 3.01. The topological polar surface area (TPSA) is 110 Å². The van der Waals surface area contributed by atoms with Crippen molar-refractivity contribution in [2.75, 3.05) is 7.11 Å². The number of aromatic nitrogens is 2. The Hall–Kier alpha value is -3.11. The number of rotatable bonds is 5. The summed E-state index contributed by atoms with van der Waals surface area (Å²) in [6, 6.07) is 2.54. The first kappa shape index (κ1) is 17.2. The molecule has 0 aliphatic carbocycles. The van der Waals surface area contributed by atoms with E-state index in [9.17, 15) is 28.1 Å². The van der Waals surface area contributed by atoms with Gasteiger partial charge in [0, 0.05) is 0 Å². The molecule has 1 unspecified atom stereocenters. The van der Waals surface area contributed by atoms with E-state index in [4.69, 9.17) is 4.74 Å². The van der Waals surface area contributed by atoms with Gasteiger partial charge in [0.25, 0.3) is 5.91 Å². The summed E-state index contributed by atoms with van der Waals surface area (Å²) in [7, 11) is 1.36. The number of amides is 1. The number of aromatic amines is 1. The van der Waals surface area contributed by atoms with E-state index in [1.807, 2.05) is 5.10 Å². The number of halogens is 3. The highest BCUT2D eigenvalue weighted by molar-refractivity contribution is 5.96. The normalized spacial score (nSPS) is 12.5. The maximum absolute atomic E-state index is 13.2. The molecule has 0 saturated carbocycles. The molecule has 0 aliphatic heterocycles. The molecule has 2 aromatic rings. The predicted molar refractivity (Wildman–Crippen MR) is 74.5 cm³/mol. The van der Waals surface area contributed by atoms with Crippen LogP contribution in [0.2, 0.25) is 0 Å². The van der Waals surface area contributed by atoms with Crippen LogP contribution in [0.15, 0.2) is 30.5 Å². The van der Waals surface area contributed by atoms with E-state index in [0.717, 1.165) is 18.3 Å². The van der Waals surface area contributed by atoms with Crippen LogP contribution in [0.5, 0.6) is 5.75 Å². The lowest BCUT2D eigenvalue weighted by Gasteiger charge is -2.21. The van der Waals surface area contributed by atoms with Gasteiger partial charge in [0.2, 0.25) is 5.69 Å². The number of H-pyrrole nitrogens is 1. The molecule has 2 rings (SSSR count). The van der Waals surface area contributed by atoms with Crippen molar-refractivity contribution in [1.29, 1.82) is 0 Å². The monoisotopic (exact) mass is 344 g/mol. The van der Waals surface area contributed by atoms with Gasteiger partial charge >= 0.3 is 11.9 Å². The molecule has 0 radical (unpaired) electrons. The van der Waals surface area contributed by atoms with Crippen molar-refractivity contribution in [3.05, 3.63) is 51.8 Å². The average molecular weight is 344 g/mol.